The molecule has 2 heterocycles. The third-order valence-electron chi connectivity index (χ3n) is 4.52. The third kappa shape index (κ3) is 4.06. The van der Waals surface area contributed by atoms with E-state index in [-0.39, 0.29) is 18.2 Å². The van der Waals surface area contributed by atoms with E-state index in [2.05, 4.69) is 36.4 Å². The number of nitrogens with zero attached hydrogens (tertiary/aromatic N) is 1. The number of urea groups is 1. The molecular formula is C19H24N2O2S. The monoisotopic (exact) mass is 344 g/mol. The van der Waals surface area contributed by atoms with Crippen molar-refractivity contribution in [3.63, 3.8) is 0 Å². The number of benzene rings is 1. The molecule has 128 valence electrons. The minimum absolute atomic E-state index is 0.0541. The number of ether oxygens (including phenoxy) is 1. The molecule has 0 spiro atoms. The molecule has 2 amide bonds. The van der Waals surface area contributed by atoms with Crippen LogP contribution >= 0.6 is 11.8 Å². The van der Waals surface area contributed by atoms with Crippen molar-refractivity contribution in [3.8, 4) is 12.3 Å². The SMILES string of the molecule is C#CCN(C[C@H]1CCCO1)C(=O)N[C@@H]1CCSc2ccc(C)cc21. The summed E-state index contributed by atoms with van der Waals surface area (Å²) < 4.78 is 5.65. The Balaban J connectivity index is 1.69. The molecule has 0 saturated carbocycles. The van der Waals surface area contributed by atoms with Crippen molar-refractivity contribution in [2.24, 2.45) is 0 Å². The molecule has 0 unspecified atom stereocenters. The Morgan fingerprint density at radius 1 is 1.50 bits per heavy atom. The number of hydrogen-bond donors (Lipinski definition) is 1. The Hall–Kier alpha value is -1.64. The van der Waals surface area contributed by atoms with Crippen LogP contribution in [0.4, 0.5) is 4.79 Å². The van der Waals surface area contributed by atoms with Gasteiger partial charge >= 0.3 is 6.03 Å². The van der Waals surface area contributed by atoms with Gasteiger partial charge in [0.05, 0.1) is 18.7 Å². The van der Waals surface area contributed by atoms with Gasteiger partial charge in [-0.2, -0.15) is 0 Å². The maximum atomic E-state index is 12.7. The molecule has 24 heavy (non-hydrogen) atoms. The Morgan fingerprint density at radius 3 is 3.12 bits per heavy atom. The van der Waals surface area contributed by atoms with Crippen molar-refractivity contribution < 1.29 is 9.53 Å². The van der Waals surface area contributed by atoms with Crippen molar-refractivity contribution in [1.29, 1.82) is 0 Å². The molecule has 2 aliphatic rings. The maximum absolute atomic E-state index is 12.7. The summed E-state index contributed by atoms with van der Waals surface area (Å²) >= 11 is 1.86. The third-order valence-corrected chi connectivity index (χ3v) is 5.64. The molecular weight excluding hydrogens is 320 g/mol. The molecule has 1 aromatic rings. The van der Waals surface area contributed by atoms with E-state index in [9.17, 15) is 4.79 Å². The lowest BCUT2D eigenvalue weighted by atomic mass is 10.0. The van der Waals surface area contributed by atoms with E-state index < -0.39 is 0 Å². The fourth-order valence-electron chi connectivity index (χ4n) is 3.27. The predicted octanol–water partition coefficient (Wildman–Crippen LogP) is 3.36. The molecule has 1 aromatic carbocycles. The summed E-state index contributed by atoms with van der Waals surface area (Å²) in [5.74, 6) is 3.61. The van der Waals surface area contributed by atoms with E-state index in [1.54, 1.807) is 4.90 Å². The standard InChI is InChI=1S/C19H24N2O2S/c1-3-9-21(13-15-5-4-10-23-15)19(22)20-17-8-11-24-18-7-6-14(2)12-16(17)18/h1,6-7,12,15,17H,4-5,8-11,13H2,2H3,(H,20,22)/t15-,17-/m1/s1. The lowest BCUT2D eigenvalue weighted by Crippen LogP contribution is -2.45. The van der Waals surface area contributed by atoms with Crippen LogP contribution in [0, 0.1) is 19.3 Å². The second-order valence-corrected chi connectivity index (χ2v) is 7.54. The van der Waals surface area contributed by atoms with Gasteiger partial charge in [0.25, 0.3) is 0 Å². The quantitative estimate of drug-likeness (QED) is 0.852. The number of rotatable bonds is 4. The number of aryl methyl sites for hydroxylation is 1. The van der Waals surface area contributed by atoms with Gasteiger partial charge in [-0.3, -0.25) is 0 Å². The highest BCUT2D eigenvalue weighted by Crippen LogP contribution is 2.36. The molecule has 0 radical (unpaired) electrons. The number of hydrogen-bond acceptors (Lipinski definition) is 3. The first-order valence-corrected chi connectivity index (χ1v) is 9.50. The van der Waals surface area contributed by atoms with Gasteiger partial charge in [0.1, 0.15) is 0 Å². The number of carbonyl (C=O) groups excluding carboxylic acids is 1. The highest BCUT2D eigenvalue weighted by Gasteiger charge is 2.26. The molecule has 1 saturated heterocycles. The summed E-state index contributed by atoms with van der Waals surface area (Å²) in [6, 6.07) is 6.42. The van der Waals surface area contributed by atoms with Crippen molar-refractivity contribution in [1.82, 2.24) is 10.2 Å². The van der Waals surface area contributed by atoms with Gasteiger partial charge in [-0.1, -0.05) is 23.6 Å². The van der Waals surface area contributed by atoms with Crippen molar-refractivity contribution in [2.75, 3.05) is 25.4 Å². The number of nitrogens with one attached hydrogen (secondary N) is 1. The summed E-state index contributed by atoms with van der Waals surface area (Å²) in [6.07, 6.45) is 8.56. The Bertz CT molecular complexity index is 635. The lowest BCUT2D eigenvalue weighted by molar-refractivity contribution is 0.0840. The van der Waals surface area contributed by atoms with Gasteiger partial charge in [-0.25, -0.2) is 4.79 Å². The van der Waals surface area contributed by atoms with E-state index in [1.807, 2.05) is 11.8 Å². The van der Waals surface area contributed by atoms with Gasteiger partial charge in [-0.05, 0) is 37.8 Å². The van der Waals surface area contributed by atoms with E-state index in [4.69, 9.17) is 11.2 Å². The van der Waals surface area contributed by atoms with E-state index in [1.165, 1.54) is 16.0 Å². The lowest BCUT2D eigenvalue weighted by Gasteiger charge is -2.30. The van der Waals surface area contributed by atoms with Crippen LogP contribution in [0.3, 0.4) is 0 Å². The van der Waals surface area contributed by atoms with Crippen LogP contribution in [0.15, 0.2) is 23.1 Å². The zero-order chi connectivity index (χ0) is 16.9. The van der Waals surface area contributed by atoms with E-state index in [0.717, 1.165) is 31.6 Å². The van der Waals surface area contributed by atoms with Gasteiger partial charge in [0, 0.05) is 23.8 Å². The molecule has 2 aliphatic heterocycles. The van der Waals surface area contributed by atoms with Crippen LogP contribution in [0.1, 0.15) is 36.4 Å². The highest BCUT2D eigenvalue weighted by atomic mass is 32.2. The van der Waals surface area contributed by atoms with Gasteiger partial charge in [0.2, 0.25) is 0 Å². The van der Waals surface area contributed by atoms with Crippen molar-refractivity contribution in [3.05, 3.63) is 29.3 Å². The second kappa shape index (κ2) is 7.96. The first-order valence-electron chi connectivity index (χ1n) is 8.51. The fourth-order valence-corrected chi connectivity index (χ4v) is 4.37. The molecule has 0 aromatic heterocycles. The van der Waals surface area contributed by atoms with Crippen LogP contribution in [-0.2, 0) is 4.74 Å². The largest absolute Gasteiger partial charge is 0.376 e. The van der Waals surface area contributed by atoms with Gasteiger partial charge < -0.3 is 15.0 Å². The minimum Gasteiger partial charge on any atom is -0.376 e. The van der Waals surface area contributed by atoms with E-state index in [0.29, 0.717) is 13.1 Å². The maximum Gasteiger partial charge on any atom is 0.318 e. The molecule has 3 rings (SSSR count). The van der Waals surface area contributed by atoms with Crippen LogP contribution in [0.25, 0.3) is 0 Å². The summed E-state index contributed by atoms with van der Waals surface area (Å²) in [6.45, 7) is 3.75. The summed E-state index contributed by atoms with van der Waals surface area (Å²) in [7, 11) is 0. The normalized spacial score (nSPS) is 22.5. The Morgan fingerprint density at radius 2 is 2.38 bits per heavy atom. The zero-order valence-electron chi connectivity index (χ0n) is 14.1. The number of carbonyl (C=O) groups is 1. The Labute approximate surface area is 148 Å². The smallest absolute Gasteiger partial charge is 0.318 e. The van der Waals surface area contributed by atoms with Crippen LogP contribution in [0.2, 0.25) is 0 Å². The number of thioether (sulfide) groups is 1. The van der Waals surface area contributed by atoms with Crippen molar-refractivity contribution >= 4 is 17.8 Å². The molecule has 4 nitrogen and oxygen atoms in total. The molecule has 0 bridgehead atoms. The topological polar surface area (TPSA) is 41.6 Å². The average Bonchev–Trinajstić information content (AvgIpc) is 3.08. The average molecular weight is 344 g/mol. The number of amides is 2. The zero-order valence-corrected chi connectivity index (χ0v) is 14.9. The highest BCUT2D eigenvalue weighted by molar-refractivity contribution is 7.99. The first-order chi connectivity index (χ1) is 11.7. The van der Waals surface area contributed by atoms with Crippen LogP contribution in [-0.4, -0.2) is 42.5 Å². The van der Waals surface area contributed by atoms with E-state index >= 15 is 0 Å². The molecule has 2 atom stereocenters. The van der Waals surface area contributed by atoms with Gasteiger partial charge in [0.15, 0.2) is 0 Å². The summed E-state index contributed by atoms with van der Waals surface area (Å²) in [4.78, 5) is 15.7. The van der Waals surface area contributed by atoms with Crippen molar-refractivity contribution in [2.45, 2.75) is 43.2 Å². The molecule has 1 N–H and O–H groups in total. The second-order valence-electron chi connectivity index (χ2n) is 6.40. The minimum atomic E-state index is -0.0900. The number of fused-ring (bicyclic) bond motifs is 1. The molecule has 5 heteroatoms. The molecule has 0 aliphatic carbocycles. The molecule has 1 fully saturated rings. The van der Waals surface area contributed by atoms with Gasteiger partial charge in [-0.15, -0.1) is 18.2 Å². The number of terminal acetylenes is 1. The fraction of sp³-hybridized carbons (Fsp3) is 0.526. The first kappa shape index (κ1) is 17.2. The summed E-state index contributed by atoms with van der Waals surface area (Å²) in [5.41, 5.74) is 2.44. The predicted molar refractivity (Wildman–Crippen MR) is 97.2 cm³/mol. The summed E-state index contributed by atoms with van der Waals surface area (Å²) in [5, 5.41) is 3.18. The van der Waals surface area contributed by atoms with Crippen LogP contribution in [0.5, 0.6) is 0 Å². The van der Waals surface area contributed by atoms with Crippen LogP contribution < -0.4 is 5.32 Å². The Kier molecular flexibility index (Phi) is 5.70.